The SMILES string of the molecule is c1ccc(-c2nc(-c3ccncc3)nc(-c3ccc(-c4ccccc4-c4ccc(-c5ccc6c(c5)-c5ccccc5C5CC7CC8CC6C78C5)cc4)cc3)n2)cc1. The fourth-order valence-electron chi connectivity index (χ4n) is 11.3. The van der Waals surface area contributed by atoms with Crippen molar-refractivity contribution >= 4 is 0 Å². The van der Waals surface area contributed by atoms with E-state index in [1.807, 2.05) is 42.5 Å². The molecule has 3 saturated carbocycles. The Kier molecular flexibility index (Phi) is 7.32. The van der Waals surface area contributed by atoms with Gasteiger partial charge in [-0.15, -0.1) is 0 Å². The van der Waals surface area contributed by atoms with Crippen LogP contribution in [0.1, 0.15) is 48.6 Å². The Bertz CT molecular complexity index is 2760. The van der Waals surface area contributed by atoms with Gasteiger partial charge in [0.25, 0.3) is 0 Å². The van der Waals surface area contributed by atoms with Crippen LogP contribution < -0.4 is 0 Å². The van der Waals surface area contributed by atoms with Crippen LogP contribution >= 0.6 is 0 Å². The van der Waals surface area contributed by atoms with Gasteiger partial charge in [0.2, 0.25) is 0 Å². The predicted molar refractivity (Wildman–Crippen MR) is 229 cm³/mol. The van der Waals surface area contributed by atoms with E-state index in [0.717, 1.165) is 40.0 Å². The summed E-state index contributed by atoms with van der Waals surface area (Å²) in [7, 11) is 0. The van der Waals surface area contributed by atoms with Crippen LogP contribution in [0.2, 0.25) is 0 Å². The molecule has 3 fully saturated rings. The van der Waals surface area contributed by atoms with Crippen LogP contribution in [0.25, 0.3) is 78.7 Å². The molecule has 4 nitrogen and oxygen atoms in total. The average Bonchev–Trinajstić information content (AvgIpc) is 3.65. The second-order valence-corrected chi connectivity index (χ2v) is 16.7. The molecule has 2 aromatic heterocycles. The third-order valence-corrected chi connectivity index (χ3v) is 14.1. The van der Waals surface area contributed by atoms with E-state index in [1.54, 1.807) is 23.5 Å². The zero-order chi connectivity index (χ0) is 37.5. The molecule has 0 aliphatic heterocycles. The highest BCUT2D eigenvalue weighted by atomic mass is 15.0. The summed E-state index contributed by atoms with van der Waals surface area (Å²) in [6.07, 6.45) is 9.18. The van der Waals surface area contributed by atoms with Crippen molar-refractivity contribution in [1.29, 1.82) is 0 Å². The number of rotatable bonds is 6. The summed E-state index contributed by atoms with van der Waals surface area (Å²) in [5.41, 5.74) is 16.8. The molecular weight excluding hydrogens is 693 g/mol. The van der Waals surface area contributed by atoms with E-state index in [0.29, 0.717) is 28.8 Å². The summed E-state index contributed by atoms with van der Waals surface area (Å²) < 4.78 is 0. The van der Waals surface area contributed by atoms with Crippen LogP contribution in [0.3, 0.4) is 0 Å². The van der Waals surface area contributed by atoms with Gasteiger partial charge in [-0.2, -0.15) is 0 Å². The van der Waals surface area contributed by atoms with Crippen molar-refractivity contribution in [3.63, 3.8) is 0 Å². The van der Waals surface area contributed by atoms with E-state index >= 15 is 0 Å². The van der Waals surface area contributed by atoms with Gasteiger partial charge in [-0.1, -0.05) is 140 Å². The summed E-state index contributed by atoms with van der Waals surface area (Å²) in [6.45, 7) is 0. The molecule has 4 heteroatoms. The zero-order valence-electron chi connectivity index (χ0n) is 31.6. The third kappa shape index (κ3) is 5.13. The van der Waals surface area contributed by atoms with Gasteiger partial charge >= 0.3 is 0 Å². The lowest BCUT2D eigenvalue weighted by atomic mass is 9.37. The summed E-state index contributed by atoms with van der Waals surface area (Å²) in [5.74, 6) is 5.23. The number of nitrogens with zero attached hydrogens (tertiary/aromatic N) is 4. The highest BCUT2D eigenvalue weighted by Crippen LogP contribution is 2.80. The quantitative estimate of drug-likeness (QED) is 0.171. The highest BCUT2D eigenvalue weighted by Gasteiger charge is 2.70. The Morgan fingerprint density at radius 2 is 0.912 bits per heavy atom. The van der Waals surface area contributed by atoms with Crippen molar-refractivity contribution in [3.8, 4) is 78.7 Å². The van der Waals surface area contributed by atoms with Crippen LogP contribution in [0, 0.1) is 17.3 Å². The van der Waals surface area contributed by atoms with Crippen LogP contribution in [0.15, 0.2) is 170 Å². The number of hydrogen-bond acceptors (Lipinski definition) is 4. The van der Waals surface area contributed by atoms with Crippen molar-refractivity contribution in [3.05, 3.63) is 181 Å². The number of pyridine rings is 1. The van der Waals surface area contributed by atoms with Gasteiger partial charge in [0.1, 0.15) is 0 Å². The van der Waals surface area contributed by atoms with E-state index in [-0.39, 0.29) is 0 Å². The second kappa shape index (κ2) is 12.8. The summed E-state index contributed by atoms with van der Waals surface area (Å²) in [5, 5.41) is 0. The fraction of sp³-hybridized carbons (Fsp3) is 0.170. The molecule has 4 aliphatic rings. The van der Waals surface area contributed by atoms with E-state index in [4.69, 9.17) is 15.0 Å². The lowest BCUT2D eigenvalue weighted by Crippen LogP contribution is -2.58. The lowest BCUT2D eigenvalue weighted by Gasteiger charge is -2.67. The molecule has 0 saturated heterocycles. The van der Waals surface area contributed by atoms with E-state index < -0.39 is 0 Å². The maximum atomic E-state index is 4.93. The Morgan fingerprint density at radius 1 is 0.386 bits per heavy atom. The second-order valence-electron chi connectivity index (χ2n) is 16.7. The molecule has 2 bridgehead atoms. The van der Waals surface area contributed by atoms with Crippen molar-refractivity contribution in [2.45, 2.75) is 37.5 Å². The first-order valence-corrected chi connectivity index (χ1v) is 20.5. The number of fused-ring (bicyclic) bond motifs is 6. The monoisotopic (exact) mass is 732 g/mol. The maximum Gasteiger partial charge on any atom is 0.164 e. The number of benzene rings is 6. The van der Waals surface area contributed by atoms with Gasteiger partial charge in [-0.05, 0) is 129 Å². The molecule has 5 atom stereocenters. The molecular formula is C53H40N4. The van der Waals surface area contributed by atoms with Gasteiger partial charge in [-0.3, -0.25) is 4.98 Å². The maximum absolute atomic E-state index is 4.93. The van der Waals surface area contributed by atoms with Crippen molar-refractivity contribution < 1.29 is 0 Å². The van der Waals surface area contributed by atoms with E-state index in [2.05, 4.69) is 120 Å². The molecule has 0 N–H and O–H groups in total. The number of aromatic nitrogens is 4. The molecule has 5 unspecified atom stereocenters. The molecule has 1 spiro atoms. The van der Waals surface area contributed by atoms with Crippen LogP contribution in [0.4, 0.5) is 0 Å². The summed E-state index contributed by atoms with van der Waals surface area (Å²) >= 11 is 0. The smallest absolute Gasteiger partial charge is 0.164 e. The molecule has 8 aromatic rings. The Morgan fingerprint density at radius 3 is 1.58 bits per heavy atom. The fourth-order valence-corrected chi connectivity index (χ4v) is 11.3. The summed E-state index contributed by atoms with van der Waals surface area (Å²) in [4.78, 5) is 18.9. The normalized spacial score (nSPS) is 22.2. The molecule has 4 aliphatic carbocycles. The molecule has 12 rings (SSSR count). The molecule has 0 radical (unpaired) electrons. The van der Waals surface area contributed by atoms with Crippen LogP contribution in [-0.2, 0) is 0 Å². The lowest BCUT2D eigenvalue weighted by molar-refractivity contribution is -0.144. The van der Waals surface area contributed by atoms with Crippen LogP contribution in [0.5, 0.6) is 0 Å². The average molecular weight is 733 g/mol. The molecule has 2 heterocycles. The molecule has 0 amide bonds. The van der Waals surface area contributed by atoms with Gasteiger partial charge < -0.3 is 0 Å². The van der Waals surface area contributed by atoms with Crippen molar-refractivity contribution in [2.75, 3.05) is 0 Å². The molecule has 6 aromatic carbocycles. The highest BCUT2D eigenvalue weighted by molar-refractivity contribution is 5.86. The first-order chi connectivity index (χ1) is 28.2. The minimum Gasteiger partial charge on any atom is -0.265 e. The van der Waals surface area contributed by atoms with Gasteiger partial charge in [-0.25, -0.2) is 15.0 Å². The van der Waals surface area contributed by atoms with Crippen molar-refractivity contribution in [1.82, 2.24) is 19.9 Å². The standard InChI is InChI=1S/C53H40N4/c1-2-8-36(9-3-1)50-55-51(57-52(56-50)38-24-26-54-27-25-38)37-20-18-35(19-21-37)44-11-5-4-10-43(44)34-16-14-33(15-17-34)39-22-23-47-48(29-39)46-13-7-6-12-45(46)40-28-41-30-42-31-49(47)53(41,42)32-40/h1-27,29,40-42,49H,28,30-32H2. The first kappa shape index (κ1) is 32.7. The Labute approximate surface area is 333 Å². The van der Waals surface area contributed by atoms with E-state index in [9.17, 15) is 0 Å². The predicted octanol–water partition coefficient (Wildman–Crippen LogP) is 12.9. The zero-order valence-corrected chi connectivity index (χ0v) is 31.6. The summed E-state index contributed by atoms with van der Waals surface area (Å²) in [6, 6.07) is 57.2. The largest absolute Gasteiger partial charge is 0.265 e. The van der Waals surface area contributed by atoms with Crippen molar-refractivity contribution in [2.24, 2.45) is 17.3 Å². The van der Waals surface area contributed by atoms with Gasteiger partial charge in [0, 0.05) is 29.1 Å². The molecule has 57 heavy (non-hydrogen) atoms. The molecule has 272 valence electrons. The topological polar surface area (TPSA) is 51.6 Å². The third-order valence-electron chi connectivity index (χ3n) is 14.1. The van der Waals surface area contributed by atoms with Crippen LogP contribution in [-0.4, -0.2) is 19.9 Å². The number of hydrogen-bond donors (Lipinski definition) is 0. The first-order valence-electron chi connectivity index (χ1n) is 20.5. The Balaban J connectivity index is 0.864. The minimum absolute atomic E-state index is 0.576. The van der Waals surface area contributed by atoms with Gasteiger partial charge in [0.15, 0.2) is 17.5 Å². The minimum atomic E-state index is 0.576. The van der Waals surface area contributed by atoms with E-state index in [1.165, 1.54) is 64.6 Å². The Hall–Kier alpha value is -6.52. The van der Waals surface area contributed by atoms with Gasteiger partial charge in [0.05, 0.1) is 0 Å².